The first-order chi connectivity index (χ1) is 8.98. The van der Waals surface area contributed by atoms with Gasteiger partial charge in [0.05, 0.1) is 12.2 Å². The molecule has 0 atom stereocenters. The second-order valence-corrected chi connectivity index (χ2v) is 5.95. The first-order valence-electron chi connectivity index (χ1n) is 6.65. The summed E-state index contributed by atoms with van der Waals surface area (Å²) < 4.78 is 12.3. The highest BCUT2D eigenvalue weighted by Crippen LogP contribution is 2.23. The number of methoxy groups -OCH3 is 1. The van der Waals surface area contributed by atoms with E-state index < -0.39 is 0 Å². The molecule has 19 heavy (non-hydrogen) atoms. The third-order valence-electron chi connectivity index (χ3n) is 3.11. The molecule has 0 heterocycles. The van der Waals surface area contributed by atoms with Gasteiger partial charge < -0.3 is 14.8 Å². The minimum Gasteiger partial charge on any atom is -0.493 e. The van der Waals surface area contributed by atoms with Crippen LogP contribution in [0.3, 0.4) is 0 Å². The Bertz CT molecular complexity index is 394. The van der Waals surface area contributed by atoms with E-state index in [1.54, 1.807) is 7.11 Å². The van der Waals surface area contributed by atoms with E-state index in [2.05, 4.69) is 48.1 Å². The summed E-state index contributed by atoms with van der Waals surface area (Å²) in [5.74, 6) is 0.906. The standard InChI is InChI=1S/C15H24BrNO2/c1-5-17-11-12-10-13(6-7-14(12)16)19-9-8-15(2,3)18-4/h6-7,10,17H,5,8-9,11H2,1-4H3. The monoisotopic (exact) mass is 329 g/mol. The molecule has 1 N–H and O–H groups in total. The lowest BCUT2D eigenvalue weighted by Gasteiger charge is -2.22. The Morgan fingerprint density at radius 1 is 1.32 bits per heavy atom. The van der Waals surface area contributed by atoms with E-state index in [4.69, 9.17) is 9.47 Å². The highest BCUT2D eigenvalue weighted by molar-refractivity contribution is 9.10. The molecule has 0 unspecified atom stereocenters. The van der Waals surface area contributed by atoms with Gasteiger partial charge in [0.15, 0.2) is 0 Å². The molecule has 0 fully saturated rings. The van der Waals surface area contributed by atoms with Crippen molar-refractivity contribution in [1.82, 2.24) is 5.32 Å². The van der Waals surface area contributed by atoms with Gasteiger partial charge in [-0.2, -0.15) is 0 Å². The number of rotatable bonds is 8. The summed E-state index contributed by atoms with van der Waals surface area (Å²) in [6.07, 6.45) is 0.863. The SMILES string of the molecule is CCNCc1cc(OCCC(C)(C)OC)ccc1Br. The van der Waals surface area contributed by atoms with Crippen molar-refractivity contribution in [2.75, 3.05) is 20.3 Å². The van der Waals surface area contributed by atoms with Gasteiger partial charge in [-0.3, -0.25) is 0 Å². The van der Waals surface area contributed by atoms with E-state index in [9.17, 15) is 0 Å². The van der Waals surface area contributed by atoms with Crippen molar-refractivity contribution < 1.29 is 9.47 Å². The lowest BCUT2D eigenvalue weighted by molar-refractivity contribution is 0.00545. The lowest BCUT2D eigenvalue weighted by Crippen LogP contribution is -2.25. The number of nitrogens with one attached hydrogen (secondary N) is 1. The van der Waals surface area contributed by atoms with Crippen LogP contribution >= 0.6 is 15.9 Å². The van der Waals surface area contributed by atoms with Gasteiger partial charge in [0, 0.05) is 24.5 Å². The van der Waals surface area contributed by atoms with Crippen LogP contribution in [-0.4, -0.2) is 25.9 Å². The van der Waals surface area contributed by atoms with Crippen molar-refractivity contribution in [1.29, 1.82) is 0 Å². The maximum Gasteiger partial charge on any atom is 0.119 e. The molecule has 0 bridgehead atoms. The summed E-state index contributed by atoms with van der Waals surface area (Å²) in [5, 5.41) is 3.32. The van der Waals surface area contributed by atoms with E-state index in [1.165, 1.54) is 5.56 Å². The number of halogens is 1. The van der Waals surface area contributed by atoms with Gasteiger partial charge in [0.1, 0.15) is 5.75 Å². The Labute approximate surface area is 124 Å². The van der Waals surface area contributed by atoms with Gasteiger partial charge in [0.2, 0.25) is 0 Å². The van der Waals surface area contributed by atoms with Crippen LogP contribution in [0.25, 0.3) is 0 Å². The number of benzene rings is 1. The second kappa shape index (κ2) is 7.88. The van der Waals surface area contributed by atoms with Gasteiger partial charge in [0.25, 0.3) is 0 Å². The van der Waals surface area contributed by atoms with Crippen molar-refractivity contribution in [3.63, 3.8) is 0 Å². The zero-order valence-electron chi connectivity index (χ0n) is 12.3. The normalized spacial score (nSPS) is 11.6. The zero-order valence-corrected chi connectivity index (χ0v) is 13.8. The number of ether oxygens (including phenoxy) is 2. The van der Waals surface area contributed by atoms with Crippen LogP contribution in [0.4, 0.5) is 0 Å². The molecule has 0 aliphatic carbocycles. The maximum absolute atomic E-state index is 5.79. The average Bonchev–Trinajstić information content (AvgIpc) is 2.39. The largest absolute Gasteiger partial charge is 0.493 e. The van der Waals surface area contributed by atoms with Gasteiger partial charge >= 0.3 is 0 Å². The van der Waals surface area contributed by atoms with Gasteiger partial charge in [-0.1, -0.05) is 22.9 Å². The van der Waals surface area contributed by atoms with E-state index >= 15 is 0 Å². The molecule has 0 aliphatic rings. The predicted octanol–water partition coefficient (Wildman–Crippen LogP) is 3.75. The molecular weight excluding hydrogens is 306 g/mol. The second-order valence-electron chi connectivity index (χ2n) is 5.10. The van der Waals surface area contributed by atoms with Gasteiger partial charge in [-0.05, 0) is 44.2 Å². The highest BCUT2D eigenvalue weighted by atomic mass is 79.9. The Hall–Kier alpha value is -0.580. The number of hydrogen-bond acceptors (Lipinski definition) is 3. The fraction of sp³-hybridized carbons (Fsp3) is 0.600. The van der Waals surface area contributed by atoms with Crippen LogP contribution < -0.4 is 10.1 Å². The molecule has 0 aliphatic heterocycles. The zero-order chi connectivity index (χ0) is 14.3. The molecule has 0 saturated heterocycles. The summed E-state index contributed by atoms with van der Waals surface area (Å²) >= 11 is 3.56. The molecule has 1 aromatic rings. The third kappa shape index (κ3) is 5.93. The van der Waals surface area contributed by atoms with Crippen LogP contribution in [0, 0.1) is 0 Å². The van der Waals surface area contributed by atoms with E-state index in [0.29, 0.717) is 6.61 Å². The Morgan fingerprint density at radius 2 is 2.05 bits per heavy atom. The summed E-state index contributed by atoms with van der Waals surface area (Å²) in [6, 6.07) is 6.09. The minimum atomic E-state index is -0.137. The van der Waals surface area contributed by atoms with E-state index in [0.717, 1.165) is 29.7 Å². The molecule has 1 rings (SSSR count). The van der Waals surface area contributed by atoms with Crippen molar-refractivity contribution >= 4 is 15.9 Å². The Balaban J connectivity index is 2.54. The quantitative estimate of drug-likeness (QED) is 0.787. The Morgan fingerprint density at radius 3 is 2.68 bits per heavy atom. The minimum absolute atomic E-state index is 0.137. The highest BCUT2D eigenvalue weighted by Gasteiger charge is 2.16. The fourth-order valence-electron chi connectivity index (χ4n) is 1.55. The molecule has 4 heteroatoms. The molecule has 0 radical (unpaired) electrons. The molecular formula is C15H24BrNO2. The molecule has 0 spiro atoms. The molecule has 0 aromatic heterocycles. The smallest absolute Gasteiger partial charge is 0.119 e. The summed E-state index contributed by atoms with van der Waals surface area (Å²) in [6.45, 7) is 8.69. The molecule has 108 valence electrons. The third-order valence-corrected chi connectivity index (χ3v) is 3.88. The molecule has 0 saturated carbocycles. The van der Waals surface area contributed by atoms with E-state index in [-0.39, 0.29) is 5.60 Å². The predicted molar refractivity (Wildman–Crippen MR) is 82.7 cm³/mol. The molecule has 3 nitrogen and oxygen atoms in total. The molecule has 1 aromatic carbocycles. The topological polar surface area (TPSA) is 30.5 Å². The van der Waals surface area contributed by atoms with Gasteiger partial charge in [-0.25, -0.2) is 0 Å². The fourth-order valence-corrected chi connectivity index (χ4v) is 1.94. The number of hydrogen-bond donors (Lipinski definition) is 1. The van der Waals surface area contributed by atoms with Crippen LogP contribution in [0.5, 0.6) is 5.75 Å². The average molecular weight is 330 g/mol. The maximum atomic E-state index is 5.79. The summed E-state index contributed by atoms with van der Waals surface area (Å²) in [7, 11) is 1.73. The first kappa shape index (κ1) is 16.5. The van der Waals surface area contributed by atoms with Crippen molar-refractivity contribution in [2.24, 2.45) is 0 Å². The lowest BCUT2D eigenvalue weighted by atomic mass is 10.1. The Kier molecular flexibility index (Phi) is 6.83. The van der Waals surface area contributed by atoms with Crippen LogP contribution in [0.15, 0.2) is 22.7 Å². The summed E-state index contributed by atoms with van der Waals surface area (Å²) in [4.78, 5) is 0. The van der Waals surface area contributed by atoms with Crippen LogP contribution in [0.2, 0.25) is 0 Å². The van der Waals surface area contributed by atoms with Crippen LogP contribution in [0.1, 0.15) is 32.8 Å². The van der Waals surface area contributed by atoms with Crippen molar-refractivity contribution in [3.8, 4) is 5.75 Å². The van der Waals surface area contributed by atoms with Crippen molar-refractivity contribution in [2.45, 2.75) is 39.3 Å². The molecule has 0 amide bonds. The summed E-state index contributed by atoms with van der Waals surface area (Å²) in [5.41, 5.74) is 1.08. The van der Waals surface area contributed by atoms with E-state index in [1.807, 2.05) is 12.1 Å². The van der Waals surface area contributed by atoms with Gasteiger partial charge in [-0.15, -0.1) is 0 Å². The van der Waals surface area contributed by atoms with Crippen molar-refractivity contribution in [3.05, 3.63) is 28.2 Å². The van der Waals surface area contributed by atoms with Crippen LogP contribution in [-0.2, 0) is 11.3 Å². The first-order valence-corrected chi connectivity index (χ1v) is 7.45.